The fourth-order valence-electron chi connectivity index (χ4n) is 2.52. The predicted molar refractivity (Wildman–Crippen MR) is 119 cm³/mol. The Hall–Kier alpha value is -4.05. The molecule has 4 N–H and O–H groups in total. The van der Waals surface area contributed by atoms with Crippen LogP contribution in [-0.2, 0) is 10.1 Å². The Balaban J connectivity index is 0.000000890. The van der Waals surface area contributed by atoms with Crippen LogP contribution in [0.1, 0.15) is 5.56 Å². The molecule has 0 amide bonds. The van der Waals surface area contributed by atoms with E-state index in [0.29, 0.717) is 11.3 Å². The van der Waals surface area contributed by atoms with E-state index in [1.165, 1.54) is 17.1 Å². The lowest BCUT2D eigenvalue weighted by Crippen LogP contribution is -2.34. The van der Waals surface area contributed by atoms with E-state index < -0.39 is 15.2 Å². The van der Waals surface area contributed by atoms with E-state index in [0.717, 1.165) is 17.3 Å². The summed E-state index contributed by atoms with van der Waals surface area (Å²) in [5.41, 5.74) is 6.85. The lowest BCUT2D eigenvalue weighted by Gasteiger charge is -2.16. The first-order chi connectivity index (χ1) is 15.5. The molecule has 3 aromatic rings. The highest BCUT2D eigenvalue weighted by Gasteiger charge is 2.22. The maximum Gasteiger partial charge on any atom is 0.341 e. The van der Waals surface area contributed by atoms with Gasteiger partial charge in [0.1, 0.15) is 34.0 Å². The highest BCUT2D eigenvalue weighted by Crippen LogP contribution is 2.28. The van der Waals surface area contributed by atoms with Crippen molar-refractivity contribution in [2.24, 2.45) is 10.8 Å². The highest BCUT2D eigenvalue weighted by molar-refractivity contribution is 7.87. The van der Waals surface area contributed by atoms with Crippen molar-refractivity contribution in [1.82, 2.24) is 13.8 Å². The highest BCUT2D eigenvalue weighted by atomic mass is 32.2. The number of ether oxygens (including phenoxy) is 1. The van der Waals surface area contributed by atoms with Crippen LogP contribution in [0.2, 0.25) is 0 Å². The summed E-state index contributed by atoms with van der Waals surface area (Å²) in [4.78, 5) is 8.31. The maximum atomic E-state index is 12.8. The Morgan fingerprint density at radius 3 is 2.67 bits per heavy atom. The third-order valence-corrected chi connectivity index (χ3v) is 5.59. The van der Waals surface area contributed by atoms with Crippen LogP contribution < -0.4 is 14.7 Å². The number of nitrogens with zero attached hydrogens (tertiary/aromatic N) is 5. The van der Waals surface area contributed by atoms with Gasteiger partial charge in [-0.2, -0.15) is 22.3 Å². The molecule has 1 heterocycles. The molecule has 33 heavy (non-hydrogen) atoms. The van der Waals surface area contributed by atoms with Gasteiger partial charge < -0.3 is 19.9 Å². The van der Waals surface area contributed by atoms with Crippen LogP contribution in [-0.4, -0.2) is 58.3 Å². The molecule has 176 valence electrons. The number of hydrogen-bond acceptors (Lipinski definition) is 11. The molecule has 0 aliphatic carbocycles. The van der Waals surface area contributed by atoms with E-state index in [9.17, 15) is 8.42 Å². The van der Waals surface area contributed by atoms with Gasteiger partial charge in [-0.3, -0.25) is 5.41 Å². The quantitative estimate of drug-likeness (QED) is 0.134. The van der Waals surface area contributed by atoms with Gasteiger partial charge >= 0.3 is 10.1 Å². The summed E-state index contributed by atoms with van der Waals surface area (Å²) in [5, 5.41) is 25.7. The second-order valence-corrected chi connectivity index (χ2v) is 8.19. The van der Waals surface area contributed by atoms with Crippen molar-refractivity contribution in [3.8, 4) is 11.5 Å². The van der Waals surface area contributed by atoms with Crippen LogP contribution in [0.5, 0.6) is 11.5 Å². The minimum atomic E-state index is -4.12. The van der Waals surface area contributed by atoms with Crippen molar-refractivity contribution >= 4 is 45.6 Å². The molecule has 1 aromatic heterocycles. The first-order valence-electron chi connectivity index (χ1n) is 8.85. The molecule has 0 spiro atoms. The van der Waals surface area contributed by atoms with Gasteiger partial charge in [-0.05, 0) is 36.8 Å². The third-order valence-electron chi connectivity index (χ3n) is 3.77. The number of aromatic nitrogens is 2. The van der Waals surface area contributed by atoms with Crippen molar-refractivity contribution in [3.63, 3.8) is 0 Å². The molecular formula is C17H19N7O7S2. The molecule has 0 unspecified atom stereocenters. The topological polar surface area (TPSA) is 207 Å². The number of benzene rings is 2. The summed E-state index contributed by atoms with van der Waals surface area (Å²) < 4.78 is 44.5. The summed E-state index contributed by atoms with van der Waals surface area (Å²) in [7, 11) is -4.12. The van der Waals surface area contributed by atoms with Gasteiger partial charge in [-0.25, -0.2) is 5.01 Å². The normalized spacial score (nSPS) is 10.6. The van der Waals surface area contributed by atoms with Crippen LogP contribution in [0.15, 0.2) is 46.4 Å². The van der Waals surface area contributed by atoms with Gasteiger partial charge in [0.05, 0.1) is 18.3 Å². The Morgan fingerprint density at radius 1 is 1.36 bits per heavy atom. The van der Waals surface area contributed by atoms with Crippen LogP contribution in [0.4, 0.5) is 0 Å². The summed E-state index contributed by atoms with van der Waals surface area (Å²) in [5.74, 6) is 0.246. The van der Waals surface area contributed by atoms with Gasteiger partial charge in [0.15, 0.2) is 0 Å². The Labute approximate surface area is 191 Å². The molecule has 0 aliphatic rings. The molecule has 14 nitrogen and oxygen atoms in total. The molecule has 0 saturated heterocycles. The molecule has 0 bridgehead atoms. The maximum absolute atomic E-state index is 12.8. The number of guanidine groups is 1. The Morgan fingerprint density at radius 2 is 2.03 bits per heavy atom. The monoisotopic (exact) mass is 497 g/mol. The zero-order valence-electron chi connectivity index (χ0n) is 17.1. The molecule has 0 aliphatic heterocycles. The molecule has 0 fully saturated rings. The Kier molecular flexibility index (Phi) is 8.41. The van der Waals surface area contributed by atoms with Crippen LogP contribution in [0.25, 0.3) is 11.0 Å². The molecule has 2 aromatic carbocycles. The van der Waals surface area contributed by atoms with Gasteiger partial charge in [0.25, 0.3) is 5.09 Å². The van der Waals surface area contributed by atoms with Crippen molar-refractivity contribution in [2.75, 3.05) is 13.2 Å². The lowest BCUT2D eigenvalue weighted by atomic mass is 10.2. The van der Waals surface area contributed by atoms with Gasteiger partial charge in [0.2, 0.25) is 5.96 Å². The molecular weight excluding hydrogens is 478 g/mol. The summed E-state index contributed by atoms with van der Waals surface area (Å²) in [6, 6.07) is 9.45. The number of hydrazone groups is 1. The van der Waals surface area contributed by atoms with E-state index in [1.807, 2.05) is 0 Å². The molecule has 3 rings (SSSR count). The number of rotatable bonds is 8. The van der Waals surface area contributed by atoms with E-state index in [2.05, 4.69) is 20.6 Å². The third kappa shape index (κ3) is 7.25. The Bertz CT molecular complexity index is 1260. The molecule has 0 saturated carbocycles. The van der Waals surface area contributed by atoms with E-state index in [-0.39, 0.29) is 35.3 Å². The first kappa shape index (κ1) is 25.2. The average Bonchev–Trinajstić information content (AvgIpc) is 3.18. The second kappa shape index (κ2) is 11.0. The summed E-state index contributed by atoms with van der Waals surface area (Å²) >= 11 is 0.929. The molecule has 0 radical (unpaired) electrons. The zero-order valence-corrected chi connectivity index (χ0v) is 18.7. The fraction of sp³-hybridized carbons (Fsp3) is 0.176. The predicted octanol–water partition coefficient (Wildman–Crippen LogP) is 1.61. The largest absolute Gasteiger partial charge is 0.492 e. The van der Waals surface area contributed by atoms with E-state index >= 15 is 0 Å². The van der Waals surface area contributed by atoms with Crippen LogP contribution in [0.3, 0.4) is 0 Å². The van der Waals surface area contributed by atoms with Gasteiger partial charge in [-0.15, -0.1) is 10.1 Å². The van der Waals surface area contributed by atoms with Crippen molar-refractivity contribution in [2.45, 2.75) is 11.8 Å². The minimum absolute atomic E-state index is 0.0538. The van der Waals surface area contributed by atoms with Crippen LogP contribution >= 0.6 is 11.7 Å². The van der Waals surface area contributed by atoms with Crippen LogP contribution in [0, 0.1) is 22.4 Å². The van der Waals surface area contributed by atoms with Crippen molar-refractivity contribution in [1.29, 1.82) is 5.41 Å². The number of hydrogen-bond donors (Lipinski definition) is 3. The summed E-state index contributed by atoms with van der Waals surface area (Å²) in [6.45, 7) is 5.47. The minimum Gasteiger partial charge on any atom is -0.492 e. The fourth-order valence-corrected chi connectivity index (χ4v) is 4.20. The molecule has 16 heteroatoms. The van der Waals surface area contributed by atoms with Crippen molar-refractivity contribution < 1.29 is 27.6 Å². The number of fused-ring (bicyclic) bond motifs is 1. The van der Waals surface area contributed by atoms with Gasteiger partial charge in [0, 0.05) is 12.8 Å². The average molecular weight is 498 g/mol. The summed E-state index contributed by atoms with van der Waals surface area (Å²) in [6.07, 6.45) is 0. The van der Waals surface area contributed by atoms with Gasteiger partial charge in [-0.1, -0.05) is 6.07 Å². The number of nitrogens with two attached hydrogens (primary N) is 1. The number of nitrogens with one attached hydrogen (secondary N) is 1. The smallest absolute Gasteiger partial charge is 0.341 e. The SMILES string of the molecule is C=NN(CCOc1cc(C)cc(OS(=O)(=O)c2cccc3nsnc23)c1)C(=N)N.O=[N+]([O-])O. The van der Waals surface area contributed by atoms with E-state index in [1.54, 1.807) is 31.2 Å². The number of aryl methyl sites for hydroxylation is 1. The zero-order chi connectivity index (χ0) is 24.6. The van der Waals surface area contributed by atoms with E-state index in [4.69, 9.17) is 35.4 Å². The lowest BCUT2D eigenvalue weighted by molar-refractivity contribution is -0.742. The molecule has 0 atom stereocenters. The first-order valence-corrected chi connectivity index (χ1v) is 11.0. The standard InChI is InChI=1S/C17H18N6O4S2.HNO3/c1-11-8-12(26-7-6-23(20-2)17(18)19)10-13(9-11)27-29(24,25)15-5-3-4-14-16(15)22-28-21-14;2-1(3)4/h3-5,8-10H,2,6-7H2,1H3,(H3,18,19);(H,2,3,4). The second-order valence-electron chi connectivity index (χ2n) is 6.14. The van der Waals surface area contributed by atoms with Crippen molar-refractivity contribution in [3.05, 3.63) is 52.1 Å².